The molecule has 0 aliphatic heterocycles. The Morgan fingerprint density at radius 2 is 2.17 bits per heavy atom. The summed E-state index contributed by atoms with van der Waals surface area (Å²) in [6.07, 6.45) is 1.91. The molecule has 1 heterocycles. The van der Waals surface area contributed by atoms with Crippen molar-refractivity contribution < 1.29 is 9.18 Å². The van der Waals surface area contributed by atoms with E-state index in [1.165, 1.54) is 0 Å². The number of hydrogen-bond donors (Lipinski definition) is 1. The maximum atomic E-state index is 12.2. The third kappa shape index (κ3) is 2.43. The van der Waals surface area contributed by atoms with Crippen molar-refractivity contribution >= 4 is 23.5 Å². The number of amides is 1. The standard InChI is InChI=1S/C6H5ClFN3O/c7-1-5(12)11-6-9-2-4(8)3-10-6/h2-3H,1H2,(H,9,10,11,12). The zero-order chi connectivity index (χ0) is 8.97. The van der Waals surface area contributed by atoms with Gasteiger partial charge in [-0.05, 0) is 0 Å². The lowest BCUT2D eigenvalue weighted by Gasteiger charge is -1.98. The number of hydrogen-bond acceptors (Lipinski definition) is 3. The highest BCUT2D eigenvalue weighted by Crippen LogP contribution is 1.97. The van der Waals surface area contributed by atoms with Crippen molar-refractivity contribution in [3.8, 4) is 0 Å². The van der Waals surface area contributed by atoms with Crippen molar-refractivity contribution in [2.45, 2.75) is 0 Å². The van der Waals surface area contributed by atoms with Crippen LogP contribution in [0.5, 0.6) is 0 Å². The van der Waals surface area contributed by atoms with Crippen molar-refractivity contribution in [3.05, 3.63) is 18.2 Å². The molecule has 0 unspecified atom stereocenters. The van der Waals surface area contributed by atoms with Gasteiger partial charge in [-0.25, -0.2) is 14.4 Å². The van der Waals surface area contributed by atoms with Crippen LogP contribution in [0.4, 0.5) is 10.3 Å². The van der Waals surface area contributed by atoms with Crippen LogP contribution in [0.2, 0.25) is 0 Å². The molecule has 6 heteroatoms. The normalized spacial score (nSPS) is 9.50. The van der Waals surface area contributed by atoms with Crippen molar-refractivity contribution in [2.24, 2.45) is 0 Å². The minimum atomic E-state index is -0.557. The van der Waals surface area contributed by atoms with E-state index in [0.717, 1.165) is 12.4 Å². The Hall–Kier alpha value is -1.23. The van der Waals surface area contributed by atoms with Crippen molar-refractivity contribution in [1.29, 1.82) is 0 Å². The van der Waals surface area contributed by atoms with E-state index in [-0.39, 0.29) is 11.8 Å². The second-order valence-corrected chi connectivity index (χ2v) is 2.17. The quantitative estimate of drug-likeness (QED) is 0.700. The fraction of sp³-hybridized carbons (Fsp3) is 0.167. The molecule has 0 fully saturated rings. The van der Waals surface area contributed by atoms with Crippen LogP contribution >= 0.6 is 11.6 Å². The molecule has 0 saturated carbocycles. The average molecular weight is 190 g/mol. The van der Waals surface area contributed by atoms with Gasteiger partial charge in [0.2, 0.25) is 11.9 Å². The Morgan fingerprint density at radius 3 is 2.67 bits per heavy atom. The Balaban J connectivity index is 2.64. The number of rotatable bonds is 2. The van der Waals surface area contributed by atoms with E-state index >= 15 is 0 Å². The molecule has 1 aromatic heterocycles. The number of nitrogens with zero attached hydrogens (tertiary/aromatic N) is 2. The molecule has 0 bridgehead atoms. The Kier molecular flexibility index (Phi) is 2.93. The monoisotopic (exact) mass is 189 g/mol. The van der Waals surface area contributed by atoms with Crippen molar-refractivity contribution in [1.82, 2.24) is 9.97 Å². The van der Waals surface area contributed by atoms with Crippen LogP contribution in [0.25, 0.3) is 0 Å². The number of carbonyl (C=O) groups is 1. The molecule has 0 saturated heterocycles. The number of anilines is 1. The highest BCUT2D eigenvalue weighted by Gasteiger charge is 2.01. The van der Waals surface area contributed by atoms with Gasteiger partial charge in [0.15, 0.2) is 5.82 Å². The van der Waals surface area contributed by atoms with E-state index < -0.39 is 11.7 Å². The Bertz CT molecular complexity index is 277. The van der Waals surface area contributed by atoms with Crippen LogP contribution in [0.3, 0.4) is 0 Å². The molecule has 0 spiro atoms. The summed E-state index contributed by atoms with van der Waals surface area (Å²) in [7, 11) is 0. The molecule has 4 nitrogen and oxygen atoms in total. The number of nitrogens with one attached hydrogen (secondary N) is 1. The van der Waals surface area contributed by atoms with Gasteiger partial charge in [0, 0.05) is 0 Å². The van der Waals surface area contributed by atoms with E-state index in [0.29, 0.717) is 0 Å². The van der Waals surface area contributed by atoms with Crippen LogP contribution in [0.15, 0.2) is 12.4 Å². The van der Waals surface area contributed by atoms with Crippen LogP contribution in [-0.4, -0.2) is 21.8 Å². The van der Waals surface area contributed by atoms with Gasteiger partial charge in [-0.1, -0.05) is 0 Å². The number of alkyl halides is 1. The number of halogens is 2. The topological polar surface area (TPSA) is 54.9 Å². The summed E-state index contributed by atoms with van der Waals surface area (Å²) >= 11 is 5.19. The molecule has 1 rings (SSSR count). The lowest BCUT2D eigenvalue weighted by molar-refractivity contribution is -0.114. The maximum absolute atomic E-state index is 12.2. The predicted octanol–water partition coefficient (Wildman–Crippen LogP) is 0.793. The van der Waals surface area contributed by atoms with E-state index in [9.17, 15) is 9.18 Å². The van der Waals surface area contributed by atoms with Gasteiger partial charge in [0.25, 0.3) is 0 Å². The van der Waals surface area contributed by atoms with E-state index in [1.54, 1.807) is 0 Å². The van der Waals surface area contributed by atoms with Gasteiger partial charge >= 0.3 is 0 Å². The molecule has 0 atom stereocenters. The first-order valence-corrected chi connectivity index (χ1v) is 3.59. The van der Waals surface area contributed by atoms with Crippen molar-refractivity contribution in [3.63, 3.8) is 0 Å². The fourth-order valence-electron chi connectivity index (χ4n) is 0.535. The van der Waals surface area contributed by atoms with E-state index in [2.05, 4.69) is 15.3 Å². The predicted molar refractivity (Wildman–Crippen MR) is 41.3 cm³/mol. The Labute approximate surface area is 72.8 Å². The number of aromatic nitrogens is 2. The molecular formula is C6H5ClFN3O. The lowest BCUT2D eigenvalue weighted by atomic mass is 10.6. The molecule has 1 aromatic rings. The van der Waals surface area contributed by atoms with Gasteiger partial charge in [-0.2, -0.15) is 0 Å². The van der Waals surface area contributed by atoms with Gasteiger partial charge in [0.1, 0.15) is 5.88 Å². The lowest BCUT2D eigenvalue weighted by Crippen LogP contribution is -2.14. The van der Waals surface area contributed by atoms with Crippen LogP contribution in [0, 0.1) is 5.82 Å². The smallest absolute Gasteiger partial charge is 0.241 e. The molecule has 0 aliphatic carbocycles. The summed E-state index contributed by atoms with van der Waals surface area (Å²) in [6.45, 7) is 0. The maximum Gasteiger partial charge on any atom is 0.241 e. The SMILES string of the molecule is O=C(CCl)Nc1ncc(F)cn1. The first kappa shape index (κ1) is 8.86. The molecule has 0 radical (unpaired) electrons. The van der Waals surface area contributed by atoms with E-state index in [4.69, 9.17) is 11.6 Å². The zero-order valence-electron chi connectivity index (χ0n) is 5.92. The van der Waals surface area contributed by atoms with Crippen LogP contribution < -0.4 is 5.32 Å². The highest BCUT2D eigenvalue weighted by molar-refractivity contribution is 6.28. The summed E-state index contributed by atoms with van der Waals surface area (Å²) in [5, 5.41) is 2.26. The molecule has 1 N–H and O–H groups in total. The summed E-state index contributed by atoms with van der Waals surface area (Å²) < 4.78 is 12.2. The summed E-state index contributed by atoms with van der Waals surface area (Å²) in [6, 6.07) is 0. The molecule has 0 aromatic carbocycles. The molecular weight excluding hydrogens is 185 g/mol. The summed E-state index contributed by atoms with van der Waals surface area (Å²) in [4.78, 5) is 17.6. The van der Waals surface area contributed by atoms with Gasteiger partial charge in [-0.15, -0.1) is 11.6 Å². The van der Waals surface area contributed by atoms with E-state index in [1.807, 2.05) is 0 Å². The fourth-order valence-corrected chi connectivity index (χ4v) is 0.602. The van der Waals surface area contributed by atoms with Crippen LogP contribution in [0.1, 0.15) is 0 Å². The largest absolute Gasteiger partial charge is 0.293 e. The number of carbonyl (C=O) groups excluding carboxylic acids is 1. The van der Waals surface area contributed by atoms with Gasteiger partial charge in [-0.3, -0.25) is 10.1 Å². The van der Waals surface area contributed by atoms with Gasteiger partial charge in [0.05, 0.1) is 12.4 Å². The minimum absolute atomic E-state index is 0.0436. The molecule has 0 aliphatic rings. The highest BCUT2D eigenvalue weighted by atomic mass is 35.5. The molecule has 12 heavy (non-hydrogen) atoms. The molecule has 64 valence electrons. The Morgan fingerprint density at radius 1 is 1.58 bits per heavy atom. The third-order valence-corrected chi connectivity index (χ3v) is 1.24. The summed E-state index contributed by atoms with van der Waals surface area (Å²) in [5.74, 6) is -1.12. The third-order valence-electron chi connectivity index (χ3n) is 0.993. The minimum Gasteiger partial charge on any atom is -0.293 e. The molecule has 1 amide bonds. The zero-order valence-corrected chi connectivity index (χ0v) is 6.68. The van der Waals surface area contributed by atoms with Crippen LogP contribution in [-0.2, 0) is 4.79 Å². The first-order chi connectivity index (χ1) is 5.72. The first-order valence-electron chi connectivity index (χ1n) is 3.05. The van der Waals surface area contributed by atoms with Gasteiger partial charge < -0.3 is 0 Å². The van der Waals surface area contributed by atoms with Crippen molar-refractivity contribution in [2.75, 3.05) is 11.2 Å². The second kappa shape index (κ2) is 3.96. The second-order valence-electron chi connectivity index (χ2n) is 1.91. The average Bonchev–Trinajstić information content (AvgIpc) is 2.09. The summed E-state index contributed by atoms with van der Waals surface area (Å²) in [5.41, 5.74) is 0.